The third-order valence-electron chi connectivity index (χ3n) is 1.88. The van der Waals surface area contributed by atoms with E-state index in [-0.39, 0.29) is 5.82 Å². The van der Waals surface area contributed by atoms with E-state index in [0.717, 1.165) is 11.4 Å². The number of halogens is 1. The normalized spacial score (nSPS) is 10.4. The summed E-state index contributed by atoms with van der Waals surface area (Å²) in [6, 6.07) is 6.47. The minimum absolute atomic E-state index is 0.223. The molecule has 1 aromatic heterocycles. The molecule has 1 heterocycles. The van der Waals surface area contributed by atoms with Gasteiger partial charge in [-0.25, -0.2) is 14.1 Å². The molecule has 0 unspecified atom stereocenters. The molecule has 72 valence electrons. The lowest BCUT2D eigenvalue weighted by molar-refractivity contribution is 0.618. The molecule has 2 rings (SSSR count). The van der Waals surface area contributed by atoms with Crippen molar-refractivity contribution in [3.8, 4) is 0 Å². The molecule has 4 heteroatoms. The maximum Gasteiger partial charge on any atom is 0.147 e. The van der Waals surface area contributed by atoms with Gasteiger partial charge < -0.3 is 0 Å². The fourth-order valence-electron chi connectivity index (χ4n) is 1.29. The van der Waals surface area contributed by atoms with Crippen molar-refractivity contribution < 1.29 is 4.39 Å². The highest BCUT2D eigenvalue weighted by molar-refractivity contribution is 5.16. The predicted octanol–water partition coefficient (Wildman–Crippen LogP) is 1.77. The van der Waals surface area contributed by atoms with Crippen LogP contribution in [0.3, 0.4) is 0 Å². The van der Waals surface area contributed by atoms with E-state index in [9.17, 15) is 4.39 Å². The highest BCUT2D eigenvalue weighted by Gasteiger charge is 1.98. The van der Waals surface area contributed by atoms with Gasteiger partial charge in [-0.15, -0.1) is 0 Å². The van der Waals surface area contributed by atoms with E-state index in [1.807, 2.05) is 13.0 Å². The van der Waals surface area contributed by atoms with Crippen LogP contribution in [-0.4, -0.2) is 14.8 Å². The second-order valence-corrected chi connectivity index (χ2v) is 3.12. The maximum atomic E-state index is 12.8. The van der Waals surface area contributed by atoms with Gasteiger partial charge in [0.1, 0.15) is 18.0 Å². The second kappa shape index (κ2) is 3.57. The largest absolute Gasteiger partial charge is 0.248 e. The summed E-state index contributed by atoms with van der Waals surface area (Å²) in [5, 5.41) is 4.12. The fourth-order valence-corrected chi connectivity index (χ4v) is 1.29. The molecule has 0 saturated heterocycles. The Hall–Kier alpha value is -1.71. The van der Waals surface area contributed by atoms with Crippen molar-refractivity contribution in [3.05, 3.63) is 47.8 Å². The first-order valence-electron chi connectivity index (χ1n) is 4.34. The highest BCUT2D eigenvalue weighted by Crippen LogP contribution is 2.04. The molecule has 2 aromatic rings. The van der Waals surface area contributed by atoms with Crippen LogP contribution < -0.4 is 0 Å². The number of aromatic nitrogens is 3. The summed E-state index contributed by atoms with van der Waals surface area (Å²) in [6.07, 6.45) is 1.64. The van der Waals surface area contributed by atoms with E-state index in [4.69, 9.17) is 0 Å². The fraction of sp³-hybridized carbons (Fsp3) is 0.200. The summed E-state index contributed by atoms with van der Waals surface area (Å²) >= 11 is 0. The van der Waals surface area contributed by atoms with Crippen LogP contribution in [0.4, 0.5) is 4.39 Å². The molecular formula is C10H10FN3. The first-order valence-corrected chi connectivity index (χ1v) is 4.34. The summed E-state index contributed by atoms with van der Waals surface area (Å²) in [7, 11) is 0. The van der Waals surface area contributed by atoms with Crippen molar-refractivity contribution in [2.75, 3.05) is 0 Å². The summed E-state index contributed by atoms with van der Waals surface area (Å²) in [4.78, 5) is 3.99. The first-order chi connectivity index (χ1) is 6.74. The molecule has 0 radical (unpaired) electrons. The maximum absolute atomic E-state index is 12.8. The van der Waals surface area contributed by atoms with Gasteiger partial charge in [-0.2, -0.15) is 5.10 Å². The van der Waals surface area contributed by atoms with E-state index in [1.54, 1.807) is 17.1 Å². The number of aryl methyl sites for hydroxylation is 1. The van der Waals surface area contributed by atoms with Crippen LogP contribution in [0.2, 0.25) is 0 Å². The van der Waals surface area contributed by atoms with Crippen LogP contribution in [0.25, 0.3) is 0 Å². The van der Waals surface area contributed by atoms with Crippen LogP contribution in [0.15, 0.2) is 30.6 Å². The van der Waals surface area contributed by atoms with Gasteiger partial charge in [-0.3, -0.25) is 0 Å². The monoisotopic (exact) mass is 191 g/mol. The smallest absolute Gasteiger partial charge is 0.147 e. The summed E-state index contributed by atoms with van der Waals surface area (Å²) < 4.78 is 14.5. The van der Waals surface area contributed by atoms with Gasteiger partial charge in [-0.05, 0) is 24.6 Å². The van der Waals surface area contributed by atoms with Gasteiger partial charge in [0, 0.05) is 0 Å². The third-order valence-corrected chi connectivity index (χ3v) is 1.88. The van der Waals surface area contributed by atoms with Gasteiger partial charge in [0.15, 0.2) is 0 Å². The summed E-state index contributed by atoms with van der Waals surface area (Å²) in [6.45, 7) is 2.38. The molecule has 0 atom stereocenters. The Morgan fingerprint density at radius 3 is 2.93 bits per heavy atom. The Morgan fingerprint density at radius 2 is 2.29 bits per heavy atom. The minimum atomic E-state index is -0.223. The van der Waals surface area contributed by atoms with Crippen LogP contribution in [0, 0.1) is 12.7 Å². The second-order valence-electron chi connectivity index (χ2n) is 3.12. The molecule has 0 amide bonds. The number of nitrogens with zero attached hydrogens (tertiary/aromatic N) is 3. The van der Waals surface area contributed by atoms with Crippen LogP contribution in [0.1, 0.15) is 11.4 Å². The Morgan fingerprint density at radius 1 is 1.43 bits per heavy atom. The molecule has 3 nitrogen and oxygen atoms in total. The zero-order valence-electron chi connectivity index (χ0n) is 7.81. The SMILES string of the molecule is Cc1ncn(Cc2cccc(F)c2)n1. The number of rotatable bonds is 2. The number of benzene rings is 1. The molecular weight excluding hydrogens is 181 g/mol. The molecule has 0 spiro atoms. The van der Waals surface area contributed by atoms with Crippen molar-refractivity contribution >= 4 is 0 Å². The predicted molar refractivity (Wildman–Crippen MR) is 50.3 cm³/mol. The zero-order valence-corrected chi connectivity index (χ0v) is 7.81. The molecule has 0 aliphatic rings. The van der Waals surface area contributed by atoms with Crippen molar-refractivity contribution in [1.29, 1.82) is 0 Å². The molecule has 0 fully saturated rings. The number of hydrogen-bond acceptors (Lipinski definition) is 2. The topological polar surface area (TPSA) is 30.7 Å². The molecule has 0 saturated carbocycles. The Kier molecular flexibility index (Phi) is 2.26. The molecule has 0 aliphatic carbocycles. The van der Waals surface area contributed by atoms with E-state index >= 15 is 0 Å². The van der Waals surface area contributed by atoms with Crippen LogP contribution in [-0.2, 0) is 6.54 Å². The molecule has 1 aromatic carbocycles. The average molecular weight is 191 g/mol. The van der Waals surface area contributed by atoms with E-state index < -0.39 is 0 Å². The molecule has 14 heavy (non-hydrogen) atoms. The molecule has 0 N–H and O–H groups in total. The van der Waals surface area contributed by atoms with E-state index in [1.165, 1.54) is 12.1 Å². The van der Waals surface area contributed by atoms with E-state index in [0.29, 0.717) is 6.54 Å². The lowest BCUT2D eigenvalue weighted by Crippen LogP contribution is -2.00. The van der Waals surface area contributed by atoms with Gasteiger partial charge in [0.2, 0.25) is 0 Å². The first kappa shape index (κ1) is 8.87. The van der Waals surface area contributed by atoms with Gasteiger partial charge in [-0.1, -0.05) is 12.1 Å². The Balaban J connectivity index is 2.18. The van der Waals surface area contributed by atoms with Crippen molar-refractivity contribution in [1.82, 2.24) is 14.8 Å². The lowest BCUT2D eigenvalue weighted by atomic mass is 10.2. The Bertz CT molecular complexity index is 436. The third kappa shape index (κ3) is 1.96. The van der Waals surface area contributed by atoms with Crippen molar-refractivity contribution in [3.63, 3.8) is 0 Å². The van der Waals surface area contributed by atoms with Crippen molar-refractivity contribution in [2.45, 2.75) is 13.5 Å². The van der Waals surface area contributed by atoms with E-state index in [2.05, 4.69) is 10.1 Å². The molecule has 0 bridgehead atoms. The highest BCUT2D eigenvalue weighted by atomic mass is 19.1. The van der Waals surface area contributed by atoms with Gasteiger partial charge >= 0.3 is 0 Å². The summed E-state index contributed by atoms with van der Waals surface area (Å²) in [5.41, 5.74) is 0.884. The van der Waals surface area contributed by atoms with Crippen LogP contribution in [0.5, 0.6) is 0 Å². The van der Waals surface area contributed by atoms with Crippen molar-refractivity contribution in [2.24, 2.45) is 0 Å². The summed E-state index contributed by atoms with van der Waals surface area (Å²) in [5.74, 6) is 0.501. The number of hydrogen-bond donors (Lipinski definition) is 0. The average Bonchev–Trinajstić information content (AvgIpc) is 2.51. The Labute approximate surface area is 81.2 Å². The standard InChI is InChI=1S/C10H10FN3/c1-8-12-7-14(13-8)6-9-3-2-4-10(11)5-9/h2-5,7H,6H2,1H3. The quantitative estimate of drug-likeness (QED) is 0.724. The molecule has 0 aliphatic heterocycles. The van der Waals surface area contributed by atoms with Gasteiger partial charge in [0.05, 0.1) is 6.54 Å². The van der Waals surface area contributed by atoms with Gasteiger partial charge in [0.25, 0.3) is 0 Å². The zero-order chi connectivity index (χ0) is 9.97. The van der Waals surface area contributed by atoms with Crippen LogP contribution >= 0.6 is 0 Å². The lowest BCUT2D eigenvalue weighted by Gasteiger charge is -2.00. The minimum Gasteiger partial charge on any atom is -0.248 e.